The maximum absolute atomic E-state index is 12.3. The molecule has 1 unspecified atom stereocenters. The number of azo groups is 1. The van der Waals surface area contributed by atoms with Crippen LogP contribution in [0.2, 0.25) is 0 Å². The summed E-state index contributed by atoms with van der Waals surface area (Å²) < 4.78 is 26.9. The Balaban J connectivity index is 1.77. The van der Waals surface area contributed by atoms with E-state index in [1.165, 1.54) is 36.7 Å². The van der Waals surface area contributed by atoms with E-state index in [4.69, 9.17) is 0 Å². The SMILES string of the molecule is CC1=NNC(=O)C1(C)/N=N/c1ccc(S(=O)(=O)Nc2ncccn2)cc1. The molecule has 0 bridgehead atoms. The van der Waals surface area contributed by atoms with Crippen LogP contribution >= 0.6 is 0 Å². The first kappa shape index (κ1) is 17.6. The van der Waals surface area contributed by atoms with E-state index in [9.17, 15) is 13.2 Å². The standard InChI is InChI=1S/C15H15N7O3S/c1-10-15(2,13(23)20-18-10)22-19-11-4-6-12(7-5-11)26(24,25)21-14-16-8-3-9-17-14/h3-9H,1-2H3,(H,20,23)(H,16,17,21)/b22-19+. The Morgan fingerprint density at radius 2 is 1.81 bits per heavy atom. The molecule has 0 saturated heterocycles. The monoisotopic (exact) mass is 373 g/mol. The molecule has 0 radical (unpaired) electrons. The number of hydrazone groups is 1. The molecule has 0 spiro atoms. The molecule has 2 N–H and O–H groups in total. The van der Waals surface area contributed by atoms with E-state index < -0.39 is 15.6 Å². The van der Waals surface area contributed by atoms with Crippen LogP contribution < -0.4 is 10.1 Å². The smallest absolute Gasteiger partial charge is 0.270 e. The largest absolute Gasteiger partial charge is 0.275 e. The number of sulfonamides is 1. The van der Waals surface area contributed by atoms with Gasteiger partial charge in [-0.25, -0.2) is 28.5 Å². The van der Waals surface area contributed by atoms with E-state index in [-0.39, 0.29) is 16.8 Å². The molecule has 1 aliphatic heterocycles. The average Bonchev–Trinajstić information content (AvgIpc) is 2.88. The number of aromatic nitrogens is 2. The second kappa shape index (κ2) is 6.59. The zero-order valence-corrected chi connectivity index (χ0v) is 14.7. The highest BCUT2D eigenvalue weighted by molar-refractivity contribution is 7.92. The van der Waals surface area contributed by atoms with Crippen LogP contribution in [0.1, 0.15) is 13.8 Å². The van der Waals surface area contributed by atoms with Crippen LogP contribution in [0.15, 0.2) is 63.0 Å². The highest BCUT2D eigenvalue weighted by atomic mass is 32.2. The van der Waals surface area contributed by atoms with E-state index in [0.717, 1.165) is 0 Å². The zero-order chi connectivity index (χ0) is 18.8. The van der Waals surface area contributed by atoms with Crippen molar-refractivity contribution in [3.05, 3.63) is 42.7 Å². The Kier molecular flexibility index (Phi) is 4.47. The summed E-state index contributed by atoms with van der Waals surface area (Å²) in [6.45, 7) is 3.27. The minimum Gasteiger partial charge on any atom is -0.270 e. The van der Waals surface area contributed by atoms with Crippen molar-refractivity contribution >= 4 is 33.3 Å². The third-order valence-electron chi connectivity index (χ3n) is 3.78. The molecule has 26 heavy (non-hydrogen) atoms. The molecule has 2 heterocycles. The molecule has 0 fully saturated rings. The molecule has 1 amide bonds. The van der Waals surface area contributed by atoms with Gasteiger partial charge in [0.15, 0.2) is 5.54 Å². The van der Waals surface area contributed by atoms with Crippen molar-refractivity contribution in [3.8, 4) is 0 Å². The molecular weight excluding hydrogens is 358 g/mol. The summed E-state index contributed by atoms with van der Waals surface area (Å²) in [5, 5.41) is 11.9. The van der Waals surface area contributed by atoms with Crippen molar-refractivity contribution in [1.29, 1.82) is 0 Å². The number of amides is 1. The van der Waals surface area contributed by atoms with Crippen LogP contribution in [0.5, 0.6) is 0 Å². The van der Waals surface area contributed by atoms with Gasteiger partial charge in [-0.15, -0.1) is 0 Å². The number of rotatable bonds is 5. The number of hydrogen-bond donors (Lipinski definition) is 2. The minimum absolute atomic E-state index is 0.0199. The number of nitrogens with one attached hydrogen (secondary N) is 2. The van der Waals surface area contributed by atoms with Crippen LogP contribution in [0.25, 0.3) is 0 Å². The lowest BCUT2D eigenvalue weighted by Crippen LogP contribution is -2.39. The first-order chi connectivity index (χ1) is 12.3. The van der Waals surface area contributed by atoms with E-state index >= 15 is 0 Å². The zero-order valence-electron chi connectivity index (χ0n) is 13.9. The fourth-order valence-electron chi connectivity index (χ4n) is 2.02. The third-order valence-corrected chi connectivity index (χ3v) is 5.12. The first-order valence-electron chi connectivity index (χ1n) is 7.49. The summed E-state index contributed by atoms with van der Waals surface area (Å²) in [6.07, 6.45) is 2.86. The molecule has 0 saturated carbocycles. The molecule has 10 nitrogen and oxygen atoms in total. The van der Waals surface area contributed by atoms with Gasteiger partial charge >= 0.3 is 0 Å². The molecule has 11 heteroatoms. The van der Waals surface area contributed by atoms with Gasteiger partial charge in [0, 0.05) is 12.4 Å². The number of carbonyl (C=O) groups is 1. The van der Waals surface area contributed by atoms with Crippen molar-refractivity contribution in [2.45, 2.75) is 24.3 Å². The Hall–Kier alpha value is -3.21. The second-order valence-electron chi connectivity index (χ2n) is 5.58. The minimum atomic E-state index is -3.82. The predicted molar refractivity (Wildman–Crippen MR) is 93.5 cm³/mol. The molecular formula is C15H15N7O3S. The average molecular weight is 373 g/mol. The highest BCUT2D eigenvalue weighted by Crippen LogP contribution is 2.23. The summed E-state index contributed by atoms with van der Waals surface area (Å²) >= 11 is 0. The van der Waals surface area contributed by atoms with E-state index in [2.05, 4.69) is 35.4 Å². The van der Waals surface area contributed by atoms with Crippen molar-refractivity contribution in [3.63, 3.8) is 0 Å². The Morgan fingerprint density at radius 1 is 1.15 bits per heavy atom. The summed E-state index contributed by atoms with van der Waals surface area (Å²) in [6, 6.07) is 7.28. The van der Waals surface area contributed by atoms with Crippen molar-refractivity contribution in [2.24, 2.45) is 15.3 Å². The number of anilines is 1. The van der Waals surface area contributed by atoms with E-state index in [0.29, 0.717) is 11.4 Å². The molecule has 2 aromatic rings. The highest BCUT2D eigenvalue weighted by Gasteiger charge is 2.41. The lowest BCUT2D eigenvalue weighted by molar-refractivity contribution is -0.122. The fourth-order valence-corrected chi connectivity index (χ4v) is 2.97. The third kappa shape index (κ3) is 3.42. The molecule has 134 valence electrons. The predicted octanol–water partition coefficient (Wildman–Crippen LogP) is 1.63. The maximum Gasteiger partial charge on any atom is 0.275 e. The normalized spacial score (nSPS) is 20.1. The Morgan fingerprint density at radius 3 is 2.38 bits per heavy atom. The summed E-state index contributed by atoms with van der Waals surface area (Å²) in [4.78, 5) is 19.5. The Bertz CT molecular complexity index is 988. The molecule has 1 aliphatic rings. The van der Waals surface area contributed by atoms with Gasteiger partial charge in [-0.1, -0.05) is 0 Å². The lowest BCUT2D eigenvalue weighted by atomic mass is 9.99. The molecule has 1 aromatic heterocycles. The summed E-state index contributed by atoms with van der Waals surface area (Å²) in [5.74, 6) is -0.392. The Labute approximate surface area is 149 Å². The van der Waals surface area contributed by atoms with Crippen LogP contribution in [-0.2, 0) is 14.8 Å². The molecule has 0 aliphatic carbocycles. The maximum atomic E-state index is 12.3. The van der Waals surface area contributed by atoms with Crippen LogP contribution in [-0.4, -0.2) is 35.5 Å². The van der Waals surface area contributed by atoms with Gasteiger partial charge < -0.3 is 0 Å². The van der Waals surface area contributed by atoms with Gasteiger partial charge in [0.1, 0.15) is 0 Å². The van der Waals surface area contributed by atoms with Crippen molar-refractivity contribution in [2.75, 3.05) is 4.72 Å². The summed E-state index contributed by atoms with van der Waals surface area (Å²) in [5.41, 5.74) is 2.07. The molecule has 3 rings (SSSR count). The van der Waals surface area contributed by atoms with Crippen LogP contribution in [0, 0.1) is 0 Å². The number of carbonyl (C=O) groups excluding carboxylic acids is 1. The first-order valence-corrected chi connectivity index (χ1v) is 8.97. The second-order valence-corrected chi connectivity index (χ2v) is 7.26. The molecule has 1 aromatic carbocycles. The number of hydrogen-bond acceptors (Lipinski definition) is 8. The van der Waals surface area contributed by atoms with E-state index in [1.54, 1.807) is 19.9 Å². The van der Waals surface area contributed by atoms with Gasteiger partial charge in [0.05, 0.1) is 16.3 Å². The van der Waals surface area contributed by atoms with Gasteiger partial charge in [0.2, 0.25) is 5.95 Å². The topological polar surface area (TPSA) is 138 Å². The van der Waals surface area contributed by atoms with Crippen molar-refractivity contribution in [1.82, 2.24) is 15.4 Å². The number of benzene rings is 1. The summed E-state index contributed by atoms with van der Waals surface area (Å²) in [7, 11) is -3.82. The van der Waals surface area contributed by atoms with Crippen molar-refractivity contribution < 1.29 is 13.2 Å². The lowest BCUT2D eigenvalue weighted by Gasteiger charge is -2.13. The quantitative estimate of drug-likeness (QED) is 0.767. The van der Waals surface area contributed by atoms with Gasteiger partial charge in [-0.3, -0.25) is 4.79 Å². The van der Waals surface area contributed by atoms with Gasteiger partial charge in [0.25, 0.3) is 15.9 Å². The number of nitrogens with zero attached hydrogens (tertiary/aromatic N) is 5. The molecule has 1 atom stereocenters. The van der Waals surface area contributed by atoms with Gasteiger partial charge in [-0.2, -0.15) is 15.3 Å². The van der Waals surface area contributed by atoms with Gasteiger partial charge in [-0.05, 0) is 44.2 Å². The fraction of sp³-hybridized carbons (Fsp3) is 0.200. The van der Waals surface area contributed by atoms with Crippen LogP contribution in [0.3, 0.4) is 0 Å². The van der Waals surface area contributed by atoms with E-state index in [1.807, 2.05) is 0 Å². The van der Waals surface area contributed by atoms with Crippen LogP contribution in [0.4, 0.5) is 11.6 Å².